The van der Waals surface area contributed by atoms with E-state index in [0.29, 0.717) is 12.1 Å². The quantitative estimate of drug-likeness (QED) is 0.751. The van der Waals surface area contributed by atoms with E-state index in [-0.39, 0.29) is 18.2 Å². The van der Waals surface area contributed by atoms with E-state index < -0.39 is 0 Å². The van der Waals surface area contributed by atoms with Crippen LogP contribution in [-0.4, -0.2) is 39.0 Å². The summed E-state index contributed by atoms with van der Waals surface area (Å²) in [6.45, 7) is 6.47. The predicted octanol–water partition coefficient (Wildman–Crippen LogP) is 2.16. The molecule has 1 unspecified atom stereocenters. The molecule has 1 aromatic rings. The molecule has 0 radical (unpaired) electrons. The van der Waals surface area contributed by atoms with Crippen molar-refractivity contribution < 1.29 is 14.3 Å². The maximum atomic E-state index is 11.9. The summed E-state index contributed by atoms with van der Waals surface area (Å²) < 4.78 is 10.5. The normalized spacial score (nSPS) is 12.3. The van der Waals surface area contributed by atoms with Crippen molar-refractivity contribution in [2.24, 2.45) is 0 Å². The number of aryl methyl sites for hydroxylation is 1. The minimum absolute atomic E-state index is 0.0341. The van der Waals surface area contributed by atoms with Crippen LogP contribution in [0.1, 0.15) is 29.8 Å². The van der Waals surface area contributed by atoms with Crippen LogP contribution in [0.4, 0.5) is 5.69 Å². The lowest BCUT2D eigenvalue weighted by Gasteiger charge is -2.24. The Hall–Kier alpha value is -1.59. The smallest absolute Gasteiger partial charge is 0.251 e. The highest BCUT2D eigenvalue weighted by molar-refractivity contribution is 5.95. The molecule has 5 heteroatoms. The summed E-state index contributed by atoms with van der Waals surface area (Å²) in [6.07, 6.45) is -0.345. The number of benzene rings is 1. The van der Waals surface area contributed by atoms with E-state index >= 15 is 0 Å². The minimum Gasteiger partial charge on any atom is -0.377 e. The monoisotopic (exact) mass is 280 g/mol. The number of nitrogens with one attached hydrogen (secondary N) is 2. The van der Waals surface area contributed by atoms with Crippen LogP contribution in [0.15, 0.2) is 18.2 Å². The molecule has 0 saturated heterocycles. The number of carbonyl (C=O) groups is 1. The molecule has 2 N–H and O–H groups in total. The van der Waals surface area contributed by atoms with Gasteiger partial charge in [0.1, 0.15) is 0 Å². The van der Waals surface area contributed by atoms with Crippen molar-refractivity contribution in [3.05, 3.63) is 29.3 Å². The van der Waals surface area contributed by atoms with E-state index in [1.165, 1.54) is 0 Å². The van der Waals surface area contributed by atoms with Gasteiger partial charge in [-0.25, -0.2) is 0 Å². The lowest BCUT2D eigenvalue weighted by atomic mass is 10.1. The van der Waals surface area contributed by atoms with Gasteiger partial charge in [-0.05, 0) is 38.5 Å². The van der Waals surface area contributed by atoms with E-state index in [9.17, 15) is 4.79 Å². The molecule has 0 heterocycles. The number of hydrogen-bond acceptors (Lipinski definition) is 4. The molecule has 5 nitrogen and oxygen atoms in total. The van der Waals surface area contributed by atoms with Crippen LogP contribution in [-0.2, 0) is 9.47 Å². The van der Waals surface area contributed by atoms with Crippen LogP contribution in [0.3, 0.4) is 0 Å². The fourth-order valence-corrected chi connectivity index (χ4v) is 2.00. The number of anilines is 1. The Labute approximate surface area is 120 Å². The summed E-state index contributed by atoms with van der Waals surface area (Å²) in [7, 11) is 3.20. The SMILES string of the molecule is CCNC(=O)c1ccc(C)c(NC(C)C(OC)OC)c1. The van der Waals surface area contributed by atoms with Crippen molar-refractivity contribution in [3.63, 3.8) is 0 Å². The molecule has 112 valence electrons. The van der Waals surface area contributed by atoms with Gasteiger partial charge in [0.25, 0.3) is 5.91 Å². The van der Waals surface area contributed by atoms with E-state index in [0.717, 1.165) is 11.3 Å². The fourth-order valence-electron chi connectivity index (χ4n) is 2.00. The molecular weight excluding hydrogens is 256 g/mol. The Morgan fingerprint density at radius 1 is 1.30 bits per heavy atom. The van der Waals surface area contributed by atoms with Crippen molar-refractivity contribution in [2.75, 3.05) is 26.1 Å². The van der Waals surface area contributed by atoms with Gasteiger partial charge >= 0.3 is 0 Å². The Morgan fingerprint density at radius 2 is 1.95 bits per heavy atom. The van der Waals surface area contributed by atoms with Gasteiger partial charge in [0.05, 0.1) is 6.04 Å². The average Bonchev–Trinajstić information content (AvgIpc) is 2.42. The molecule has 0 aliphatic carbocycles. The second-order valence-corrected chi connectivity index (χ2v) is 4.66. The largest absolute Gasteiger partial charge is 0.377 e. The molecule has 0 saturated carbocycles. The number of rotatable bonds is 7. The van der Waals surface area contributed by atoms with Crippen molar-refractivity contribution in [1.82, 2.24) is 5.32 Å². The van der Waals surface area contributed by atoms with Gasteiger partial charge in [-0.15, -0.1) is 0 Å². The highest BCUT2D eigenvalue weighted by Gasteiger charge is 2.17. The molecule has 0 aromatic heterocycles. The third-order valence-corrected chi connectivity index (χ3v) is 3.09. The van der Waals surface area contributed by atoms with Crippen molar-refractivity contribution in [3.8, 4) is 0 Å². The Morgan fingerprint density at radius 3 is 2.50 bits per heavy atom. The zero-order valence-electron chi connectivity index (χ0n) is 12.8. The molecule has 1 aromatic carbocycles. The molecule has 0 aliphatic rings. The standard InChI is InChI=1S/C15H24N2O3/c1-6-16-14(18)12-8-7-10(2)13(9-12)17-11(3)15(19-4)20-5/h7-9,11,15,17H,6H2,1-5H3,(H,16,18). The molecule has 0 fully saturated rings. The summed E-state index contributed by atoms with van der Waals surface area (Å²) in [4.78, 5) is 11.9. The van der Waals surface area contributed by atoms with E-state index in [4.69, 9.17) is 9.47 Å². The first-order valence-electron chi connectivity index (χ1n) is 6.74. The summed E-state index contributed by atoms with van der Waals surface area (Å²) in [5, 5.41) is 6.11. The summed E-state index contributed by atoms with van der Waals surface area (Å²) in [6, 6.07) is 5.56. The van der Waals surface area contributed by atoms with Gasteiger partial charge in [0.15, 0.2) is 6.29 Å². The lowest BCUT2D eigenvalue weighted by Crippen LogP contribution is -2.34. The van der Waals surface area contributed by atoms with Crippen molar-refractivity contribution >= 4 is 11.6 Å². The van der Waals surface area contributed by atoms with Gasteiger partial charge in [0, 0.05) is 32.0 Å². The van der Waals surface area contributed by atoms with Crippen LogP contribution in [0.5, 0.6) is 0 Å². The second-order valence-electron chi connectivity index (χ2n) is 4.66. The maximum absolute atomic E-state index is 11.9. The van der Waals surface area contributed by atoms with Gasteiger partial charge < -0.3 is 20.1 Å². The topological polar surface area (TPSA) is 59.6 Å². The van der Waals surface area contributed by atoms with Crippen LogP contribution in [0.25, 0.3) is 0 Å². The first-order valence-corrected chi connectivity index (χ1v) is 6.74. The Bertz CT molecular complexity index is 445. The summed E-state index contributed by atoms with van der Waals surface area (Å²) in [5.41, 5.74) is 2.61. The summed E-state index contributed by atoms with van der Waals surface area (Å²) in [5.74, 6) is -0.0711. The minimum atomic E-state index is -0.345. The van der Waals surface area contributed by atoms with Crippen LogP contribution in [0.2, 0.25) is 0 Å². The van der Waals surface area contributed by atoms with Crippen LogP contribution in [0, 0.1) is 6.92 Å². The molecule has 0 spiro atoms. The van der Waals surface area contributed by atoms with Crippen molar-refractivity contribution in [1.29, 1.82) is 0 Å². The molecule has 0 aliphatic heterocycles. The van der Waals surface area contributed by atoms with Crippen LogP contribution < -0.4 is 10.6 Å². The average molecular weight is 280 g/mol. The first kappa shape index (κ1) is 16.5. The molecule has 20 heavy (non-hydrogen) atoms. The predicted molar refractivity (Wildman–Crippen MR) is 80.1 cm³/mol. The lowest BCUT2D eigenvalue weighted by molar-refractivity contribution is -0.109. The Kier molecular flexibility index (Phi) is 6.48. The third kappa shape index (κ3) is 4.21. The summed E-state index contributed by atoms with van der Waals surface area (Å²) >= 11 is 0. The number of amides is 1. The molecular formula is C15H24N2O3. The maximum Gasteiger partial charge on any atom is 0.251 e. The third-order valence-electron chi connectivity index (χ3n) is 3.09. The number of methoxy groups -OCH3 is 2. The van der Waals surface area contributed by atoms with E-state index in [2.05, 4.69) is 10.6 Å². The van der Waals surface area contributed by atoms with Gasteiger partial charge in [0.2, 0.25) is 0 Å². The van der Waals surface area contributed by atoms with Crippen LogP contribution >= 0.6 is 0 Å². The number of hydrogen-bond donors (Lipinski definition) is 2. The van der Waals surface area contributed by atoms with Gasteiger partial charge in [-0.1, -0.05) is 6.07 Å². The molecule has 0 bridgehead atoms. The van der Waals surface area contributed by atoms with E-state index in [1.807, 2.05) is 39.0 Å². The van der Waals surface area contributed by atoms with Crippen molar-refractivity contribution in [2.45, 2.75) is 33.1 Å². The second kappa shape index (κ2) is 7.87. The molecule has 1 atom stereocenters. The highest BCUT2D eigenvalue weighted by Crippen LogP contribution is 2.19. The fraction of sp³-hybridized carbons (Fsp3) is 0.533. The first-order chi connectivity index (χ1) is 9.53. The van der Waals surface area contributed by atoms with Gasteiger partial charge in [-0.3, -0.25) is 4.79 Å². The number of ether oxygens (including phenoxy) is 2. The van der Waals surface area contributed by atoms with Gasteiger partial charge in [-0.2, -0.15) is 0 Å². The highest BCUT2D eigenvalue weighted by atomic mass is 16.7. The number of carbonyl (C=O) groups excluding carboxylic acids is 1. The zero-order chi connectivity index (χ0) is 15.1. The molecule has 1 amide bonds. The molecule has 1 rings (SSSR count). The zero-order valence-corrected chi connectivity index (χ0v) is 12.8. The van der Waals surface area contributed by atoms with E-state index in [1.54, 1.807) is 14.2 Å². The Balaban J connectivity index is 2.89.